The van der Waals surface area contributed by atoms with E-state index >= 15 is 0 Å². The molecule has 1 aliphatic carbocycles. The first kappa shape index (κ1) is 48.6. The number of hydrogen-bond donors (Lipinski definition) is 3. The van der Waals surface area contributed by atoms with Crippen molar-refractivity contribution in [1.29, 1.82) is 0 Å². The second-order valence-corrected chi connectivity index (χ2v) is 18.4. The third-order valence-electron chi connectivity index (χ3n) is 13.7. The van der Waals surface area contributed by atoms with Gasteiger partial charge in [-0.3, -0.25) is 14.4 Å². The maximum atomic E-state index is 14.6. The maximum absolute atomic E-state index is 14.6. The molecule has 3 fully saturated rings. The molecule has 340 valence electrons. The van der Waals surface area contributed by atoms with Crippen molar-refractivity contribution in [3.63, 3.8) is 0 Å². The van der Waals surface area contributed by atoms with Gasteiger partial charge in [-0.2, -0.15) is 0 Å². The van der Waals surface area contributed by atoms with Gasteiger partial charge < -0.3 is 43.9 Å². The molecule has 3 N–H and O–H groups in total. The van der Waals surface area contributed by atoms with Gasteiger partial charge in [0.25, 0.3) is 11.7 Å². The summed E-state index contributed by atoms with van der Waals surface area (Å²) in [5, 5.41) is 34.9. The first-order chi connectivity index (χ1) is 29.0. The van der Waals surface area contributed by atoms with E-state index in [9.17, 15) is 34.5 Å². The zero-order chi connectivity index (χ0) is 44.6. The number of esters is 1. The van der Waals surface area contributed by atoms with Crippen molar-refractivity contribution in [2.24, 2.45) is 23.7 Å². The largest absolute Gasteiger partial charge is 0.488 e. The number of benzene rings is 1. The zero-order valence-corrected chi connectivity index (χ0v) is 37.5. The number of amides is 1. The highest BCUT2D eigenvalue weighted by Gasteiger charge is 2.57. The van der Waals surface area contributed by atoms with Crippen LogP contribution in [0.25, 0.3) is 0 Å². The molecule has 2 saturated heterocycles. The van der Waals surface area contributed by atoms with Crippen LogP contribution in [0.2, 0.25) is 0 Å². The molecule has 0 aromatic heterocycles. The van der Waals surface area contributed by atoms with Gasteiger partial charge in [-0.1, -0.05) is 63.6 Å². The summed E-state index contributed by atoms with van der Waals surface area (Å²) in [4.78, 5) is 58.3. The number of hydrogen-bond acceptors (Lipinski definition) is 12. The fourth-order valence-electron chi connectivity index (χ4n) is 10.0. The Bertz CT molecular complexity index is 1710. The highest BCUT2D eigenvalue weighted by atomic mass is 16.7. The number of methoxy groups -OCH3 is 2. The normalized spacial score (nSPS) is 38.1. The molecule has 14 unspecified atom stereocenters. The summed E-state index contributed by atoms with van der Waals surface area (Å²) < 4.78 is 30.5. The number of allylic oxidation sites excluding steroid dienone is 3. The Balaban J connectivity index is 1.49. The molecule has 1 amide bonds. The summed E-state index contributed by atoms with van der Waals surface area (Å²) >= 11 is 0. The molecular weight excluding hydrogens is 783 g/mol. The van der Waals surface area contributed by atoms with E-state index in [2.05, 4.69) is 0 Å². The summed E-state index contributed by atoms with van der Waals surface area (Å²) in [5.41, 5.74) is 1.61. The van der Waals surface area contributed by atoms with E-state index in [1.165, 1.54) is 19.1 Å². The Morgan fingerprint density at radius 1 is 0.902 bits per heavy atom. The Labute approximate surface area is 362 Å². The number of aliphatic hydroxyl groups is 3. The van der Waals surface area contributed by atoms with Crippen LogP contribution >= 0.6 is 0 Å². The maximum Gasteiger partial charge on any atom is 0.329 e. The van der Waals surface area contributed by atoms with Gasteiger partial charge in [0.1, 0.15) is 35.9 Å². The number of para-hydroxylation sites is 1. The number of nitrogens with zero attached hydrogens (tertiary/aromatic N) is 1. The van der Waals surface area contributed by atoms with Gasteiger partial charge in [0.15, 0.2) is 0 Å². The average Bonchev–Trinajstić information content (AvgIpc) is 3.24. The van der Waals surface area contributed by atoms with Gasteiger partial charge in [-0.25, -0.2) is 4.79 Å². The summed E-state index contributed by atoms with van der Waals surface area (Å²) in [5.74, 6) is -6.58. The Kier molecular flexibility index (Phi) is 17.3. The Morgan fingerprint density at radius 2 is 1.59 bits per heavy atom. The van der Waals surface area contributed by atoms with Crippen LogP contribution in [-0.4, -0.2) is 118 Å². The Morgan fingerprint density at radius 3 is 2.25 bits per heavy atom. The van der Waals surface area contributed by atoms with E-state index in [-0.39, 0.29) is 49.4 Å². The molecule has 3 heterocycles. The number of cyclic esters (lactones) is 1. The van der Waals surface area contributed by atoms with Gasteiger partial charge in [-0.05, 0) is 108 Å². The van der Waals surface area contributed by atoms with E-state index in [4.69, 9.17) is 23.7 Å². The van der Waals surface area contributed by atoms with Gasteiger partial charge in [0.05, 0.1) is 24.4 Å². The summed E-state index contributed by atoms with van der Waals surface area (Å²) in [6.45, 7) is 11.1. The number of carbonyl (C=O) groups excluding carboxylic acids is 4. The number of aliphatic hydroxyl groups excluding tert-OH is 2. The van der Waals surface area contributed by atoms with Crippen molar-refractivity contribution in [3.8, 4) is 5.75 Å². The zero-order valence-electron chi connectivity index (χ0n) is 37.5. The van der Waals surface area contributed by atoms with Gasteiger partial charge in [0, 0.05) is 44.9 Å². The molecule has 3 aliphatic heterocycles. The lowest BCUT2D eigenvalue weighted by Crippen LogP contribution is -2.65. The molecular formula is C48H71NO12. The topological polar surface area (TPSA) is 178 Å². The first-order valence-electron chi connectivity index (χ1n) is 22.5. The van der Waals surface area contributed by atoms with Crippen LogP contribution in [0.4, 0.5) is 0 Å². The lowest BCUT2D eigenvalue weighted by molar-refractivity contribution is -0.302. The molecule has 1 aromatic rings. The predicted molar refractivity (Wildman–Crippen MR) is 228 cm³/mol. The van der Waals surface area contributed by atoms with E-state index in [0.717, 1.165) is 5.57 Å². The lowest BCUT2D eigenvalue weighted by Gasteiger charge is -2.47. The second kappa shape index (κ2) is 21.8. The number of ether oxygens (including phenoxy) is 5. The highest BCUT2D eigenvalue weighted by molar-refractivity contribution is 6.39. The number of rotatable bonds is 7. The first-order valence-corrected chi connectivity index (χ1v) is 22.5. The summed E-state index contributed by atoms with van der Waals surface area (Å²) in [6.07, 6.45) is 3.20. The molecule has 5 rings (SSSR count). The molecule has 1 saturated carbocycles. The van der Waals surface area contributed by atoms with Gasteiger partial charge >= 0.3 is 5.97 Å². The number of fused-ring (bicyclic) bond motifs is 3. The SMILES string of the molecule is CCC1CCCC2C(=O)OC(C(C)=CC3CCC(Oc4ccccc4)C(O)C3)C(C)C(O)CC(=O)CC=C(C)CC(C)CC(OC)C3OC(O)(C(=O)C(=O)N12)C(C)CC3OC. The molecule has 13 nitrogen and oxygen atoms in total. The van der Waals surface area contributed by atoms with Gasteiger partial charge in [-0.15, -0.1) is 0 Å². The molecule has 0 radical (unpaired) electrons. The third kappa shape index (κ3) is 11.8. The van der Waals surface area contributed by atoms with Crippen LogP contribution < -0.4 is 4.74 Å². The molecule has 0 spiro atoms. The van der Waals surface area contributed by atoms with Crippen LogP contribution in [0, 0.1) is 23.7 Å². The van der Waals surface area contributed by atoms with Crippen molar-refractivity contribution in [3.05, 3.63) is 53.6 Å². The minimum absolute atomic E-state index is 0.0348. The van der Waals surface area contributed by atoms with Crippen LogP contribution in [-0.2, 0) is 38.1 Å². The van der Waals surface area contributed by atoms with E-state index in [1.54, 1.807) is 13.8 Å². The molecule has 4 aliphatic rings. The summed E-state index contributed by atoms with van der Waals surface area (Å²) in [6, 6.07) is 7.70. The monoisotopic (exact) mass is 853 g/mol. The van der Waals surface area contributed by atoms with Crippen molar-refractivity contribution < 1.29 is 58.2 Å². The highest BCUT2D eigenvalue weighted by Crippen LogP contribution is 2.40. The molecule has 13 heteroatoms. The van der Waals surface area contributed by atoms with Crippen molar-refractivity contribution in [2.45, 2.75) is 179 Å². The third-order valence-corrected chi connectivity index (χ3v) is 13.7. The lowest BCUT2D eigenvalue weighted by atomic mass is 9.82. The molecule has 14 atom stereocenters. The molecule has 61 heavy (non-hydrogen) atoms. The van der Waals surface area contributed by atoms with Crippen LogP contribution in [0.15, 0.2) is 53.6 Å². The number of carbonyl (C=O) groups is 4. The van der Waals surface area contributed by atoms with E-state index < -0.39 is 84.0 Å². The number of Topliss-reactive ketones (excluding diaryl/α,β-unsaturated/α-hetero) is 2. The average molecular weight is 854 g/mol. The fourth-order valence-corrected chi connectivity index (χ4v) is 10.0. The van der Waals surface area contributed by atoms with Crippen molar-refractivity contribution >= 4 is 23.4 Å². The van der Waals surface area contributed by atoms with Crippen molar-refractivity contribution in [2.75, 3.05) is 14.2 Å². The van der Waals surface area contributed by atoms with Gasteiger partial charge in [0.2, 0.25) is 5.79 Å². The Hall–Kier alpha value is -3.46. The number of ketones is 2. The number of piperidine rings is 1. The minimum atomic E-state index is -2.52. The van der Waals surface area contributed by atoms with E-state index in [0.29, 0.717) is 62.7 Å². The molecule has 2 bridgehead atoms. The van der Waals surface area contributed by atoms with Crippen LogP contribution in [0.3, 0.4) is 0 Å². The second-order valence-electron chi connectivity index (χ2n) is 18.4. The smallest absolute Gasteiger partial charge is 0.329 e. The van der Waals surface area contributed by atoms with Crippen LogP contribution in [0.5, 0.6) is 5.75 Å². The quantitative estimate of drug-likeness (QED) is 0.165. The van der Waals surface area contributed by atoms with Crippen LogP contribution in [0.1, 0.15) is 119 Å². The molecule has 1 aromatic carbocycles. The van der Waals surface area contributed by atoms with E-state index in [1.807, 2.05) is 70.2 Å². The van der Waals surface area contributed by atoms with Crippen molar-refractivity contribution in [1.82, 2.24) is 4.90 Å². The minimum Gasteiger partial charge on any atom is -0.488 e. The standard InChI is InChI=1S/C48H71NO12/c1-9-34-14-13-17-37-47(55)60-43(30(4)24-33-19-21-40(39(52)26-33)59-36-15-11-10-12-16-36)32(6)38(51)27-35(50)20-18-28(2)22-29(3)23-41(57-7)44-42(58-8)25-31(5)48(56,61-44)45(53)46(54)49(34)37/h10-12,15-16,18,24,29,31-34,37-44,51-52,56H,9,13-14,17,19-23,25-27H2,1-8H3. The summed E-state index contributed by atoms with van der Waals surface area (Å²) in [7, 11) is 3.06. The predicted octanol–water partition coefficient (Wildman–Crippen LogP) is 6.05. The fraction of sp³-hybridized carbons (Fsp3) is 0.708.